The minimum Gasteiger partial charge on any atom is -0.491 e. The first-order valence-electron chi connectivity index (χ1n) is 6.75. The molecule has 0 saturated carbocycles. The van der Waals surface area contributed by atoms with Gasteiger partial charge < -0.3 is 15.0 Å². The van der Waals surface area contributed by atoms with Crippen molar-refractivity contribution in [1.29, 1.82) is 0 Å². The van der Waals surface area contributed by atoms with Crippen LogP contribution in [0.25, 0.3) is 0 Å². The maximum absolute atomic E-state index is 13.6. The normalized spacial score (nSPS) is 18.5. The predicted octanol–water partition coefficient (Wildman–Crippen LogP) is 3.33. The SMILES string of the molecule is CCC1CN(C(=O)Nc2cc(F)c(OC)c(F)c2)CCS1. The fourth-order valence-electron chi connectivity index (χ4n) is 2.18. The van der Waals surface area contributed by atoms with Crippen LogP contribution >= 0.6 is 11.8 Å². The van der Waals surface area contributed by atoms with E-state index in [9.17, 15) is 13.6 Å². The van der Waals surface area contributed by atoms with Gasteiger partial charge in [-0.05, 0) is 6.42 Å². The molecule has 1 heterocycles. The molecule has 1 atom stereocenters. The summed E-state index contributed by atoms with van der Waals surface area (Å²) < 4.78 is 31.8. The van der Waals surface area contributed by atoms with Crippen molar-refractivity contribution in [3.8, 4) is 5.75 Å². The molecule has 1 unspecified atom stereocenters. The highest BCUT2D eigenvalue weighted by molar-refractivity contribution is 8.00. The van der Waals surface area contributed by atoms with E-state index < -0.39 is 17.4 Å². The van der Waals surface area contributed by atoms with Crippen molar-refractivity contribution in [2.24, 2.45) is 0 Å². The van der Waals surface area contributed by atoms with E-state index in [0.717, 1.165) is 24.3 Å². The van der Waals surface area contributed by atoms with E-state index in [4.69, 9.17) is 0 Å². The van der Waals surface area contributed by atoms with Gasteiger partial charge in [-0.3, -0.25) is 0 Å². The molecule has 1 aliphatic heterocycles. The second kappa shape index (κ2) is 6.98. The van der Waals surface area contributed by atoms with E-state index in [1.54, 1.807) is 4.90 Å². The number of nitrogens with zero attached hydrogens (tertiary/aromatic N) is 1. The maximum Gasteiger partial charge on any atom is 0.321 e. The minimum atomic E-state index is -0.839. The molecule has 0 aliphatic carbocycles. The van der Waals surface area contributed by atoms with E-state index in [2.05, 4.69) is 17.0 Å². The molecule has 0 aromatic heterocycles. The van der Waals surface area contributed by atoms with Crippen molar-refractivity contribution in [3.63, 3.8) is 0 Å². The Morgan fingerprint density at radius 2 is 2.14 bits per heavy atom. The first kappa shape index (κ1) is 15.9. The van der Waals surface area contributed by atoms with Crippen molar-refractivity contribution < 1.29 is 18.3 Å². The number of hydrogen-bond acceptors (Lipinski definition) is 3. The van der Waals surface area contributed by atoms with Crippen LogP contribution in [0.1, 0.15) is 13.3 Å². The average Bonchev–Trinajstić information content (AvgIpc) is 2.47. The number of halogens is 2. The summed E-state index contributed by atoms with van der Waals surface area (Å²) in [4.78, 5) is 13.8. The Morgan fingerprint density at radius 1 is 1.48 bits per heavy atom. The van der Waals surface area contributed by atoms with Gasteiger partial charge in [0.05, 0.1) is 7.11 Å². The number of benzene rings is 1. The third-order valence-electron chi connectivity index (χ3n) is 3.34. The van der Waals surface area contributed by atoms with Crippen molar-refractivity contribution in [2.45, 2.75) is 18.6 Å². The van der Waals surface area contributed by atoms with Crippen LogP contribution in [0.3, 0.4) is 0 Å². The van der Waals surface area contributed by atoms with Crippen LogP contribution in [-0.2, 0) is 0 Å². The van der Waals surface area contributed by atoms with E-state index in [-0.39, 0.29) is 11.7 Å². The van der Waals surface area contributed by atoms with E-state index >= 15 is 0 Å². The Labute approximate surface area is 126 Å². The average molecular weight is 316 g/mol. The number of urea groups is 1. The molecule has 116 valence electrons. The lowest BCUT2D eigenvalue weighted by Crippen LogP contribution is -2.44. The van der Waals surface area contributed by atoms with Gasteiger partial charge in [0.1, 0.15) is 0 Å². The van der Waals surface area contributed by atoms with Crippen molar-refractivity contribution >= 4 is 23.5 Å². The van der Waals surface area contributed by atoms with Gasteiger partial charge in [-0.2, -0.15) is 11.8 Å². The maximum atomic E-state index is 13.6. The van der Waals surface area contributed by atoms with Gasteiger partial charge in [0.25, 0.3) is 0 Å². The smallest absolute Gasteiger partial charge is 0.321 e. The molecule has 1 aliphatic rings. The summed E-state index contributed by atoms with van der Waals surface area (Å²) in [5.41, 5.74) is 0.0853. The standard InChI is InChI=1S/C14H18F2N2O2S/c1-3-10-8-18(4-5-21-10)14(19)17-9-6-11(15)13(20-2)12(16)7-9/h6-7,10H,3-5,8H2,1-2H3,(H,17,19). The summed E-state index contributed by atoms with van der Waals surface area (Å²) in [5, 5.41) is 2.94. The van der Waals surface area contributed by atoms with Gasteiger partial charge >= 0.3 is 6.03 Å². The fraction of sp³-hybridized carbons (Fsp3) is 0.500. The highest BCUT2D eigenvalue weighted by Gasteiger charge is 2.23. The summed E-state index contributed by atoms with van der Waals surface area (Å²) >= 11 is 1.84. The minimum absolute atomic E-state index is 0.0853. The second-order valence-corrected chi connectivity index (χ2v) is 6.16. The first-order valence-corrected chi connectivity index (χ1v) is 7.80. The molecule has 21 heavy (non-hydrogen) atoms. The molecule has 1 aromatic carbocycles. The summed E-state index contributed by atoms with van der Waals surface area (Å²) in [6.45, 7) is 3.36. The van der Waals surface area contributed by atoms with Crippen molar-refractivity contribution in [1.82, 2.24) is 4.90 Å². The highest BCUT2D eigenvalue weighted by atomic mass is 32.2. The Balaban J connectivity index is 2.06. The van der Waals surface area contributed by atoms with Gasteiger partial charge in [-0.25, -0.2) is 13.6 Å². The lowest BCUT2D eigenvalue weighted by Gasteiger charge is -2.31. The summed E-state index contributed by atoms with van der Waals surface area (Å²) in [7, 11) is 1.19. The lowest BCUT2D eigenvalue weighted by molar-refractivity contribution is 0.213. The second-order valence-electron chi connectivity index (χ2n) is 4.75. The molecule has 1 N–H and O–H groups in total. The molecule has 0 radical (unpaired) electrons. The van der Waals surface area contributed by atoms with Gasteiger partial charge in [-0.15, -0.1) is 0 Å². The number of anilines is 1. The fourth-order valence-corrected chi connectivity index (χ4v) is 3.36. The molecule has 4 nitrogen and oxygen atoms in total. The third-order valence-corrected chi connectivity index (χ3v) is 4.71. The van der Waals surface area contributed by atoms with Crippen LogP contribution in [0.5, 0.6) is 5.75 Å². The van der Waals surface area contributed by atoms with Crippen molar-refractivity contribution in [3.05, 3.63) is 23.8 Å². The molecule has 7 heteroatoms. The number of hydrogen-bond donors (Lipinski definition) is 1. The monoisotopic (exact) mass is 316 g/mol. The van der Waals surface area contributed by atoms with Crippen LogP contribution in [0.15, 0.2) is 12.1 Å². The van der Waals surface area contributed by atoms with E-state index in [0.29, 0.717) is 18.3 Å². The molecule has 1 aromatic rings. The van der Waals surface area contributed by atoms with Crippen LogP contribution < -0.4 is 10.1 Å². The third kappa shape index (κ3) is 3.78. The number of carbonyl (C=O) groups is 1. The number of methoxy groups -OCH3 is 1. The zero-order valence-corrected chi connectivity index (χ0v) is 12.8. The summed E-state index contributed by atoms with van der Waals surface area (Å²) in [5.74, 6) is -1.26. The molecular formula is C14H18F2N2O2S. The Bertz CT molecular complexity index is 505. The van der Waals surface area contributed by atoms with Crippen LogP contribution in [0, 0.1) is 11.6 Å². The van der Waals surface area contributed by atoms with Gasteiger partial charge in [0, 0.05) is 41.9 Å². The number of amides is 2. The first-order chi connectivity index (χ1) is 10.0. The van der Waals surface area contributed by atoms with Crippen LogP contribution in [0.4, 0.5) is 19.3 Å². The largest absolute Gasteiger partial charge is 0.491 e. The van der Waals surface area contributed by atoms with Crippen molar-refractivity contribution in [2.75, 3.05) is 31.3 Å². The Hall–Kier alpha value is -1.50. The quantitative estimate of drug-likeness (QED) is 0.930. The Morgan fingerprint density at radius 3 is 2.71 bits per heavy atom. The molecular weight excluding hydrogens is 298 g/mol. The molecule has 1 saturated heterocycles. The lowest BCUT2D eigenvalue weighted by atomic mass is 10.2. The summed E-state index contributed by atoms with van der Waals surface area (Å²) in [6, 6.07) is 1.77. The topological polar surface area (TPSA) is 41.6 Å². The molecule has 0 spiro atoms. The number of ether oxygens (including phenoxy) is 1. The predicted molar refractivity (Wildman–Crippen MR) is 80.0 cm³/mol. The Kier molecular flexibility index (Phi) is 5.27. The highest BCUT2D eigenvalue weighted by Crippen LogP contribution is 2.26. The van der Waals surface area contributed by atoms with Gasteiger partial charge in [0.15, 0.2) is 17.4 Å². The van der Waals surface area contributed by atoms with Gasteiger partial charge in [-0.1, -0.05) is 6.92 Å². The van der Waals surface area contributed by atoms with E-state index in [1.807, 2.05) is 11.8 Å². The molecule has 2 amide bonds. The number of carbonyl (C=O) groups excluding carboxylic acids is 1. The molecule has 0 bridgehead atoms. The van der Waals surface area contributed by atoms with Crippen LogP contribution in [-0.4, -0.2) is 42.1 Å². The van der Waals surface area contributed by atoms with E-state index in [1.165, 1.54) is 7.11 Å². The molecule has 1 fully saturated rings. The van der Waals surface area contributed by atoms with Gasteiger partial charge in [0.2, 0.25) is 0 Å². The zero-order chi connectivity index (χ0) is 15.4. The van der Waals surface area contributed by atoms with Crippen LogP contribution in [0.2, 0.25) is 0 Å². The number of thioether (sulfide) groups is 1. The summed E-state index contributed by atoms with van der Waals surface area (Å²) in [6.07, 6.45) is 0.986. The number of rotatable bonds is 3. The number of nitrogens with one attached hydrogen (secondary N) is 1. The molecule has 2 rings (SSSR count). The zero-order valence-electron chi connectivity index (χ0n) is 12.0.